The summed E-state index contributed by atoms with van der Waals surface area (Å²) in [5, 5.41) is 9.81. The Morgan fingerprint density at radius 3 is 2.65 bits per heavy atom. The van der Waals surface area contributed by atoms with Gasteiger partial charge in [-0.05, 0) is 38.9 Å². The Balaban J connectivity index is 2.44. The van der Waals surface area contributed by atoms with E-state index in [9.17, 15) is 9.90 Å². The molecule has 0 heterocycles. The van der Waals surface area contributed by atoms with Gasteiger partial charge >= 0.3 is 5.97 Å². The van der Waals surface area contributed by atoms with Gasteiger partial charge in [0.1, 0.15) is 5.75 Å². The highest BCUT2D eigenvalue weighted by Gasteiger charge is 2.09. The number of hydrogen-bond acceptors (Lipinski definition) is 4. The molecule has 0 spiro atoms. The van der Waals surface area contributed by atoms with Crippen LogP contribution in [0, 0.1) is 0 Å². The lowest BCUT2D eigenvalue weighted by atomic mass is 10.1. The zero-order valence-electron chi connectivity index (χ0n) is 12.5. The Kier molecular flexibility index (Phi) is 7.73. The third-order valence-corrected chi connectivity index (χ3v) is 3.09. The maximum absolute atomic E-state index is 11.3. The zero-order chi connectivity index (χ0) is 14.8. The van der Waals surface area contributed by atoms with Crippen LogP contribution in [0.2, 0.25) is 0 Å². The van der Waals surface area contributed by atoms with Gasteiger partial charge in [-0.25, -0.2) is 0 Å². The third-order valence-electron chi connectivity index (χ3n) is 3.09. The second-order valence-corrected chi connectivity index (χ2v) is 4.81. The summed E-state index contributed by atoms with van der Waals surface area (Å²) < 4.78 is 4.92. The molecule has 1 N–H and O–H groups in total. The average molecular weight is 279 g/mol. The van der Waals surface area contributed by atoms with Crippen LogP contribution < -0.4 is 0 Å². The fraction of sp³-hybridized carbons (Fsp3) is 0.562. The molecule has 0 unspecified atom stereocenters. The number of esters is 1. The topological polar surface area (TPSA) is 49.8 Å². The fourth-order valence-electron chi connectivity index (χ4n) is 2.15. The summed E-state index contributed by atoms with van der Waals surface area (Å²) >= 11 is 0. The van der Waals surface area contributed by atoms with Crippen molar-refractivity contribution in [2.24, 2.45) is 0 Å². The lowest BCUT2D eigenvalue weighted by Gasteiger charge is -2.22. The molecule has 0 amide bonds. The van der Waals surface area contributed by atoms with E-state index in [0.717, 1.165) is 31.5 Å². The smallest absolute Gasteiger partial charge is 0.305 e. The number of para-hydroxylation sites is 1. The van der Waals surface area contributed by atoms with E-state index in [1.165, 1.54) is 0 Å². The van der Waals surface area contributed by atoms with Gasteiger partial charge < -0.3 is 9.84 Å². The summed E-state index contributed by atoms with van der Waals surface area (Å²) in [4.78, 5) is 13.6. The van der Waals surface area contributed by atoms with E-state index in [4.69, 9.17) is 4.74 Å². The summed E-state index contributed by atoms with van der Waals surface area (Å²) in [5.74, 6) is 0.200. The van der Waals surface area contributed by atoms with E-state index in [0.29, 0.717) is 25.3 Å². The van der Waals surface area contributed by atoms with Gasteiger partial charge in [-0.15, -0.1) is 0 Å². The maximum atomic E-state index is 11.3. The molecule has 0 saturated carbocycles. The predicted octanol–water partition coefficient (Wildman–Crippen LogP) is 2.95. The quantitative estimate of drug-likeness (QED) is 0.706. The number of carbonyl (C=O) groups is 1. The maximum Gasteiger partial charge on any atom is 0.305 e. The van der Waals surface area contributed by atoms with Gasteiger partial charge in [-0.2, -0.15) is 0 Å². The summed E-state index contributed by atoms with van der Waals surface area (Å²) in [6, 6.07) is 7.39. The van der Waals surface area contributed by atoms with Crippen LogP contribution in [0.15, 0.2) is 24.3 Å². The minimum absolute atomic E-state index is 0.133. The van der Waals surface area contributed by atoms with Crippen molar-refractivity contribution in [3.05, 3.63) is 29.8 Å². The first kappa shape index (κ1) is 16.5. The molecule has 0 aliphatic heterocycles. The van der Waals surface area contributed by atoms with Crippen LogP contribution in [-0.4, -0.2) is 35.7 Å². The lowest BCUT2D eigenvalue weighted by Crippen LogP contribution is -2.26. The predicted molar refractivity (Wildman–Crippen MR) is 79.5 cm³/mol. The lowest BCUT2D eigenvalue weighted by molar-refractivity contribution is -0.143. The highest BCUT2D eigenvalue weighted by Crippen LogP contribution is 2.18. The number of carbonyl (C=O) groups excluding carboxylic acids is 1. The molecule has 4 heteroatoms. The van der Waals surface area contributed by atoms with Crippen molar-refractivity contribution in [3.8, 4) is 5.75 Å². The molecule has 4 nitrogen and oxygen atoms in total. The molecule has 0 saturated heterocycles. The van der Waals surface area contributed by atoms with E-state index in [1.807, 2.05) is 25.1 Å². The number of hydrogen-bond donors (Lipinski definition) is 1. The second-order valence-electron chi connectivity index (χ2n) is 4.81. The molecule has 0 radical (unpaired) electrons. The number of phenolic OH excluding ortho intramolecular Hbond substituents is 1. The van der Waals surface area contributed by atoms with Gasteiger partial charge in [-0.1, -0.05) is 25.1 Å². The number of ether oxygens (including phenoxy) is 1. The molecule has 0 aliphatic carbocycles. The summed E-state index contributed by atoms with van der Waals surface area (Å²) in [6.07, 6.45) is 2.29. The van der Waals surface area contributed by atoms with Gasteiger partial charge in [0.2, 0.25) is 0 Å². The van der Waals surface area contributed by atoms with Crippen LogP contribution in [0.25, 0.3) is 0 Å². The Morgan fingerprint density at radius 1 is 1.25 bits per heavy atom. The van der Waals surface area contributed by atoms with Crippen molar-refractivity contribution in [1.29, 1.82) is 0 Å². The van der Waals surface area contributed by atoms with E-state index in [1.54, 1.807) is 6.07 Å². The Hall–Kier alpha value is -1.55. The summed E-state index contributed by atoms with van der Waals surface area (Å²) in [6.45, 7) is 6.89. The summed E-state index contributed by atoms with van der Waals surface area (Å²) in [5.41, 5.74) is 0.928. The molecule has 0 aromatic heterocycles. The van der Waals surface area contributed by atoms with Crippen LogP contribution in [0.1, 0.15) is 38.7 Å². The van der Waals surface area contributed by atoms with Gasteiger partial charge in [-0.3, -0.25) is 9.69 Å². The van der Waals surface area contributed by atoms with E-state index >= 15 is 0 Å². The number of rotatable bonds is 9. The van der Waals surface area contributed by atoms with Crippen molar-refractivity contribution in [2.45, 2.75) is 39.7 Å². The minimum Gasteiger partial charge on any atom is -0.508 e. The van der Waals surface area contributed by atoms with Crippen LogP contribution in [0.5, 0.6) is 5.75 Å². The SMILES string of the molecule is CCCN(CCCC(=O)OCC)Cc1ccccc1O. The van der Waals surface area contributed by atoms with Crippen LogP contribution in [0.4, 0.5) is 0 Å². The Morgan fingerprint density at radius 2 is 2.00 bits per heavy atom. The van der Waals surface area contributed by atoms with Crippen LogP contribution >= 0.6 is 0 Å². The molecular formula is C16H25NO3. The normalized spacial score (nSPS) is 10.8. The minimum atomic E-state index is -0.133. The first-order valence-electron chi connectivity index (χ1n) is 7.32. The molecule has 1 rings (SSSR count). The standard InChI is InChI=1S/C16H25NO3/c1-3-11-17(12-7-10-16(19)20-4-2)13-14-8-5-6-9-15(14)18/h5-6,8-9,18H,3-4,7,10-13H2,1-2H3. The monoisotopic (exact) mass is 279 g/mol. The highest BCUT2D eigenvalue weighted by atomic mass is 16.5. The van der Waals surface area contributed by atoms with Crippen molar-refractivity contribution < 1.29 is 14.6 Å². The molecule has 0 aliphatic rings. The largest absolute Gasteiger partial charge is 0.508 e. The second kappa shape index (κ2) is 9.37. The zero-order valence-corrected chi connectivity index (χ0v) is 12.5. The summed E-state index contributed by atoms with van der Waals surface area (Å²) in [7, 11) is 0. The number of benzene rings is 1. The van der Waals surface area contributed by atoms with Crippen molar-refractivity contribution >= 4 is 5.97 Å². The number of nitrogens with zero attached hydrogens (tertiary/aromatic N) is 1. The van der Waals surface area contributed by atoms with E-state index in [-0.39, 0.29) is 5.97 Å². The first-order chi connectivity index (χ1) is 9.67. The molecule has 0 bridgehead atoms. The van der Waals surface area contributed by atoms with E-state index in [2.05, 4.69) is 11.8 Å². The molecule has 0 fully saturated rings. The Bertz CT molecular complexity index is 406. The van der Waals surface area contributed by atoms with Crippen molar-refractivity contribution in [2.75, 3.05) is 19.7 Å². The average Bonchev–Trinajstić information content (AvgIpc) is 2.42. The number of phenols is 1. The molecule has 1 aromatic carbocycles. The van der Waals surface area contributed by atoms with E-state index < -0.39 is 0 Å². The van der Waals surface area contributed by atoms with Gasteiger partial charge in [0.15, 0.2) is 0 Å². The highest BCUT2D eigenvalue weighted by molar-refractivity contribution is 5.69. The van der Waals surface area contributed by atoms with Gasteiger partial charge in [0.05, 0.1) is 6.61 Å². The van der Waals surface area contributed by atoms with Crippen molar-refractivity contribution in [3.63, 3.8) is 0 Å². The number of aromatic hydroxyl groups is 1. The van der Waals surface area contributed by atoms with Crippen LogP contribution in [0.3, 0.4) is 0 Å². The first-order valence-corrected chi connectivity index (χ1v) is 7.32. The molecule has 0 atom stereocenters. The van der Waals surface area contributed by atoms with Crippen LogP contribution in [-0.2, 0) is 16.1 Å². The van der Waals surface area contributed by atoms with Gasteiger partial charge in [0, 0.05) is 18.5 Å². The molecule has 20 heavy (non-hydrogen) atoms. The molecule has 1 aromatic rings. The van der Waals surface area contributed by atoms with Gasteiger partial charge in [0.25, 0.3) is 0 Å². The third kappa shape index (κ3) is 6.06. The molecular weight excluding hydrogens is 254 g/mol. The molecule has 112 valence electrons. The van der Waals surface area contributed by atoms with Crippen molar-refractivity contribution in [1.82, 2.24) is 4.90 Å². The fourth-order valence-corrected chi connectivity index (χ4v) is 2.15. The Labute approximate surface area is 121 Å².